The number of nitrogens with one attached hydrogen (secondary N) is 1. The normalized spacial score (nSPS) is 11.2. The molecule has 1 aromatic rings. The molecular formula is C10H15N3O3S. The van der Waals surface area contributed by atoms with Crippen LogP contribution in [-0.2, 0) is 10.0 Å². The number of anilines is 1. The highest BCUT2D eigenvalue weighted by Gasteiger charge is 2.22. The number of hydrogen-bond donors (Lipinski definition) is 2. The van der Waals surface area contributed by atoms with Crippen LogP contribution in [0.3, 0.4) is 0 Å². The molecule has 7 heteroatoms. The molecule has 0 atom stereocenters. The van der Waals surface area contributed by atoms with Crippen molar-refractivity contribution < 1.29 is 13.2 Å². The Morgan fingerprint density at radius 2 is 1.94 bits per heavy atom. The van der Waals surface area contributed by atoms with Gasteiger partial charge in [0.2, 0.25) is 10.0 Å². The van der Waals surface area contributed by atoms with Crippen LogP contribution in [0, 0.1) is 0 Å². The van der Waals surface area contributed by atoms with E-state index < -0.39 is 10.0 Å². The summed E-state index contributed by atoms with van der Waals surface area (Å²) in [4.78, 5) is 13.0. The van der Waals surface area contributed by atoms with Gasteiger partial charge in [0.1, 0.15) is 0 Å². The molecule has 0 aromatic heterocycles. The monoisotopic (exact) mass is 257 g/mol. The van der Waals surface area contributed by atoms with Crippen molar-refractivity contribution >= 4 is 21.6 Å². The molecule has 1 amide bonds. The molecule has 0 aliphatic heterocycles. The summed E-state index contributed by atoms with van der Waals surface area (Å²) in [5, 5.41) is 0. The number of carbonyl (C=O) groups excluding carboxylic acids is 1. The predicted molar refractivity (Wildman–Crippen MR) is 65.1 cm³/mol. The number of rotatable bonds is 3. The molecule has 0 aliphatic rings. The molecule has 0 radical (unpaired) electrons. The average Bonchev–Trinajstić information content (AvgIpc) is 2.28. The summed E-state index contributed by atoms with van der Waals surface area (Å²) in [5.41, 5.74) is 5.92. The fraction of sp³-hybridized carbons (Fsp3) is 0.300. The van der Waals surface area contributed by atoms with Gasteiger partial charge in [-0.15, -0.1) is 0 Å². The third-order valence-corrected chi connectivity index (χ3v) is 3.65. The molecule has 3 N–H and O–H groups in total. The highest BCUT2D eigenvalue weighted by atomic mass is 32.2. The first-order valence-electron chi connectivity index (χ1n) is 4.84. The maximum absolute atomic E-state index is 11.8. The molecule has 0 unspecified atom stereocenters. The van der Waals surface area contributed by atoms with Crippen molar-refractivity contribution in [1.29, 1.82) is 0 Å². The first kappa shape index (κ1) is 13.5. The van der Waals surface area contributed by atoms with E-state index in [9.17, 15) is 13.2 Å². The predicted octanol–water partition coefficient (Wildman–Crippen LogP) is -0.121. The molecule has 0 spiro atoms. The third-order valence-electron chi connectivity index (χ3n) is 2.20. The number of carbonyl (C=O) groups is 1. The summed E-state index contributed by atoms with van der Waals surface area (Å²) >= 11 is 0. The minimum absolute atomic E-state index is 0.0959. The largest absolute Gasteiger partial charge is 0.399 e. The van der Waals surface area contributed by atoms with Crippen LogP contribution in [-0.4, -0.2) is 40.4 Å². The minimum atomic E-state index is -3.71. The molecule has 0 heterocycles. The first-order chi connectivity index (χ1) is 7.79. The number of sulfonamides is 1. The molecular weight excluding hydrogens is 242 g/mol. The molecule has 0 bridgehead atoms. The lowest BCUT2D eigenvalue weighted by Crippen LogP contribution is -2.27. The van der Waals surface area contributed by atoms with Crippen molar-refractivity contribution in [3.8, 4) is 0 Å². The second-order valence-corrected chi connectivity index (χ2v) is 5.52. The molecule has 1 rings (SSSR count). The van der Waals surface area contributed by atoms with E-state index in [0.29, 0.717) is 0 Å². The Kier molecular flexibility index (Phi) is 3.74. The van der Waals surface area contributed by atoms with E-state index in [4.69, 9.17) is 5.73 Å². The Bertz CT molecular complexity index is 538. The minimum Gasteiger partial charge on any atom is -0.399 e. The number of hydrogen-bond acceptors (Lipinski definition) is 4. The van der Waals surface area contributed by atoms with Crippen molar-refractivity contribution in [3.05, 3.63) is 23.8 Å². The topological polar surface area (TPSA) is 92.5 Å². The zero-order valence-electron chi connectivity index (χ0n) is 9.89. The van der Waals surface area contributed by atoms with E-state index in [-0.39, 0.29) is 22.1 Å². The number of benzene rings is 1. The highest BCUT2D eigenvalue weighted by molar-refractivity contribution is 7.89. The molecule has 0 aliphatic carbocycles. The molecule has 0 saturated heterocycles. The smallest absolute Gasteiger partial charge is 0.254 e. The van der Waals surface area contributed by atoms with Crippen LogP contribution < -0.4 is 10.5 Å². The number of nitrogens with two attached hydrogens (primary N) is 1. The van der Waals surface area contributed by atoms with Crippen LogP contribution in [0.25, 0.3) is 0 Å². The Balaban J connectivity index is 3.48. The summed E-state index contributed by atoms with van der Waals surface area (Å²) < 4.78 is 25.7. The van der Waals surface area contributed by atoms with Gasteiger partial charge in [0.15, 0.2) is 0 Å². The quantitative estimate of drug-likeness (QED) is 0.738. The van der Waals surface area contributed by atoms with Crippen molar-refractivity contribution in [1.82, 2.24) is 9.62 Å². The van der Waals surface area contributed by atoms with Gasteiger partial charge < -0.3 is 10.6 Å². The van der Waals surface area contributed by atoms with Gasteiger partial charge in [0, 0.05) is 19.8 Å². The molecule has 0 fully saturated rings. The van der Waals surface area contributed by atoms with E-state index in [2.05, 4.69) is 4.72 Å². The van der Waals surface area contributed by atoms with Gasteiger partial charge in [-0.1, -0.05) is 0 Å². The zero-order valence-corrected chi connectivity index (χ0v) is 10.7. The van der Waals surface area contributed by atoms with Crippen LogP contribution in [0.2, 0.25) is 0 Å². The number of nitrogens with zero attached hydrogens (tertiary/aromatic N) is 1. The van der Waals surface area contributed by atoms with E-state index in [1.54, 1.807) is 14.1 Å². The molecule has 0 saturated carbocycles. The molecule has 94 valence electrons. The van der Waals surface area contributed by atoms with Gasteiger partial charge in [-0.05, 0) is 25.2 Å². The van der Waals surface area contributed by atoms with Crippen molar-refractivity contribution in [2.45, 2.75) is 4.90 Å². The zero-order chi connectivity index (χ0) is 13.2. The van der Waals surface area contributed by atoms with Crippen LogP contribution in [0.4, 0.5) is 5.69 Å². The van der Waals surface area contributed by atoms with E-state index >= 15 is 0 Å². The lowest BCUT2D eigenvalue weighted by molar-refractivity contribution is 0.0824. The first-order valence-corrected chi connectivity index (χ1v) is 6.32. The van der Waals surface area contributed by atoms with Gasteiger partial charge in [0.05, 0.1) is 10.5 Å². The number of amides is 1. The summed E-state index contributed by atoms with van der Waals surface area (Å²) in [7, 11) is 0.673. The molecule has 6 nitrogen and oxygen atoms in total. The SMILES string of the molecule is CNS(=O)(=O)c1cc(N)ccc1C(=O)N(C)C. The van der Waals surface area contributed by atoms with Gasteiger partial charge in [-0.25, -0.2) is 13.1 Å². The van der Waals surface area contributed by atoms with Crippen molar-refractivity contribution in [3.63, 3.8) is 0 Å². The third kappa shape index (κ3) is 2.75. The number of nitrogen functional groups attached to an aromatic ring is 1. The van der Waals surface area contributed by atoms with Gasteiger partial charge in [-0.2, -0.15) is 0 Å². The molecule has 17 heavy (non-hydrogen) atoms. The van der Waals surface area contributed by atoms with Crippen LogP contribution in [0.1, 0.15) is 10.4 Å². The van der Waals surface area contributed by atoms with Crippen LogP contribution >= 0.6 is 0 Å². The average molecular weight is 257 g/mol. The Morgan fingerprint density at radius 3 is 2.41 bits per heavy atom. The van der Waals surface area contributed by atoms with Crippen molar-refractivity contribution in [2.24, 2.45) is 0 Å². The summed E-state index contributed by atoms with van der Waals surface area (Å²) in [6, 6.07) is 4.16. The molecule has 1 aromatic carbocycles. The van der Waals surface area contributed by atoms with Crippen molar-refractivity contribution in [2.75, 3.05) is 26.9 Å². The van der Waals surface area contributed by atoms with Crippen LogP contribution in [0.15, 0.2) is 23.1 Å². The fourth-order valence-electron chi connectivity index (χ4n) is 1.29. The maximum atomic E-state index is 11.8. The maximum Gasteiger partial charge on any atom is 0.254 e. The Morgan fingerprint density at radius 1 is 1.35 bits per heavy atom. The van der Waals surface area contributed by atoms with Gasteiger partial charge in [-0.3, -0.25) is 4.79 Å². The van der Waals surface area contributed by atoms with E-state index in [1.807, 2.05) is 0 Å². The second kappa shape index (κ2) is 4.72. The van der Waals surface area contributed by atoms with Gasteiger partial charge >= 0.3 is 0 Å². The summed E-state index contributed by atoms with van der Waals surface area (Å²) in [5.74, 6) is -0.390. The van der Waals surface area contributed by atoms with E-state index in [1.165, 1.54) is 30.1 Å². The lowest BCUT2D eigenvalue weighted by Gasteiger charge is -2.14. The Hall–Kier alpha value is -1.60. The standard InChI is InChI=1S/C10H15N3O3S/c1-12-17(15,16)9-6-7(11)4-5-8(9)10(14)13(2)3/h4-6,12H,11H2,1-3H3. The summed E-state index contributed by atoms with van der Waals surface area (Å²) in [6.45, 7) is 0. The van der Waals surface area contributed by atoms with Gasteiger partial charge in [0.25, 0.3) is 5.91 Å². The Labute approximate surface area is 100 Å². The second-order valence-electron chi connectivity index (χ2n) is 3.66. The van der Waals surface area contributed by atoms with E-state index in [0.717, 1.165) is 0 Å². The lowest BCUT2D eigenvalue weighted by atomic mass is 10.2. The summed E-state index contributed by atoms with van der Waals surface area (Å²) in [6.07, 6.45) is 0. The highest BCUT2D eigenvalue weighted by Crippen LogP contribution is 2.19. The fourth-order valence-corrected chi connectivity index (χ4v) is 2.24. The van der Waals surface area contributed by atoms with Crippen LogP contribution in [0.5, 0.6) is 0 Å².